The predicted molar refractivity (Wildman–Crippen MR) is 102 cm³/mol. The molecule has 27 heavy (non-hydrogen) atoms. The van der Waals surface area contributed by atoms with Gasteiger partial charge < -0.3 is 25.7 Å². The summed E-state index contributed by atoms with van der Waals surface area (Å²) < 4.78 is 0. The fraction of sp³-hybridized carbons (Fsp3) is 0.300. The highest BCUT2D eigenvalue weighted by molar-refractivity contribution is 6.00. The van der Waals surface area contributed by atoms with Crippen LogP contribution >= 0.6 is 0 Å². The fourth-order valence-electron chi connectivity index (χ4n) is 2.10. The van der Waals surface area contributed by atoms with Crippen LogP contribution in [0.1, 0.15) is 35.7 Å². The number of rotatable bonds is 7. The van der Waals surface area contributed by atoms with Gasteiger partial charge in [-0.15, -0.1) is 0 Å². The molecule has 0 saturated carbocycles. The number of para-hydroxylation sites is 1. The molecule has 146 valence electrons. The lowest BCUT2D eigenvalue weighted by atomic mass is 10.1. The Labute approximate surface area is 157 Å². The summed E-state index contributed by atoms with van der Waals surface area (Å²) >= 11 is 0. The molecule has 0 aromatic heterocycles. The Morgan fingerprint density at radius 3 is 2.22 bits per heavy atom. The van der Waals surface area contributed by atoms with Crippen LogP contribution < -0.4 is 5.32 Å². The number of aryl methyl sites for hydroxylation is 1. The largest absolute Gasteiger partial charge is 0.508 e. The highest BCUT2D eigenvalue weighted by Crippen LogP contribution is 2.16. The van der Waals surface area contributed by atoms with Crippen molar-refractivity contribution in [3.8, 4) is 5.75 Å². The van der Waals surface area contributed by atoms with E-state index in [1.165, 1.54) is 6.07 Å². The molecule has 0 bridgehead atoms. The van der Waals surface area contributed by atoms with E-state index in [2.05, 4.69) is 5.32 Å². The van der Waals surface area contributed by atoms with E-state index in [-0.39, 0.29) is 36.4 Å². The number of carbonyl (C=O) groups is 2. The summed E-state index contributed by atoms with van der Waals surface area (Å²) in [6.45, 7) is 1.73. The van der Waals surface area contributed by atoms with Crippen LogP contribution in [0.3, 0.4) is 0 Å². The normalized spacial score (nSPS) is 11.1. The van der Waals surface area contributed by atoms with Gasteiger partial charge in [-0.1, -0.05) is 24.3 Å². The van der Waals surface area contributed by atoms with Crippen LogP contribution in [0.15, 0.2) is 48.5 Å². The van der Waals surface area contributed by atoms with E-state index in [0.717, 1.165) is 5.56 Å². The summed E-state index contributed by atoms with van der Waals surface area (Å²) in [5.41, 5.74) is 1.28. The average Bonchev–Trinajstić information content (AvgIpc) is 2.62. The zero-order chi connectivity index (χ0) is 20.2. The Bertz CT molecular complexity index is 728. The second kappa shape index (κ2) is 11.7. The van der Waals surface area contributed by atoms with Crippen molar-refractivity contribution >= 4 is 17.6 Å². The van der Waals surface area contributed by atoms with E-state index in [1.807, 2.05) is 0 Å². The highest BCUT2D eigenvalue weighted by Gasteiger charge is 2.11. The molecular formula is C20H25NO6. The fourth-order valence-corrected chi connectivity index (χ4v) is 2.10. The molecule has 2 rings (SSSR count). The second-order valence-electron chi connectivity index (χ2n) is 5.93. The van der Waals surface area contributed by atoms with Crippen molar-refractivity contribution in [2.45, 2.75) is 32.3 Å². The maximum Gasteiger partial charge on any atom is 0.337 e. The van der Waals surface area contributed by atoms with Crippen LogP contribution in [0.25, 0.3) is 0 Å². The first-order valence-corrected chi connectivity index (χ1v) is 8.52. The third-order valence-electron chi connectivity index (χ3n) is 3.56. The molecule has 7 nitrogen and oxygen atoms in total. The summed E-state index contributed by atoms with van der Waals surface area (Å²) in [6, 6.07) is 12.9. The van der Waals surface area contributed by atoms with E-state index in [0.29, 0.717) is 18.5 Å². The first-order valence-electron chi connectivity index (χ1n) is 8.52. The number of aromatic hydroxyl groups is 1. The van der Waals surface area contributed by atoms with Gasteiger partial charge in [0.1, 0.15) is 5.75 Å². The van der Waals surface area contributed by atoms with Crippen molar-refractivity contribution in [2.24, 2.45) is 0 Å². The number of phenolic OH excluding ortho intramolecular Hbond substituents is 1. The van der Waals surface area contributed by atoms with Gasteiger partial charge in [0.2, 0.25) is 5.91 Å². The van der Waals surface area contributed by atoms with Crippen molar-refractivity contribution in [3.63, 3.8) is 0 Å². The predicted octanol–water partition coefficient (Wildman–Crippen LogP) is 2.41. The Morgan fingerprint density at radius 2 is 1.70 bits per heavy atom. The highest BCUT2D eigenvalue weighted by atomic mass is 16.4. The van der Waals surface area contributed by atoms with Crippen LogP contribution in [0.4, 0.5) is 5.69 Å². The van der Waals surface area contributed by atoms with Crippen molar-refractivity contribution in [2.75, 3.05) is 11.9 Å². The van der Waals surface area contributed by atoms with Crippen molar-refractivity contribution in [3.05, 3.63) is 59.7 Å². The molecule has 0 aliphatic carbocycles. The average molecular weight is 375 g/mol. The van der Waals surface area contributed by atoms with E-state index < -0.39 is 5.97 Å². The van der Waals surface area contributed by atoms with Crippen LogP contribution in [0, 0.1) is 0 Å². The van der Waals surface area contributed by atoms with Crippen LogP contribution in [0.2, 0.25) is 0 Å². The number of aliphatic hydroxyl groups excluding tert-OH is 2. The van der Waals surface area contributed by atoms with Crippen molar-refractivity contribution in [1.82, 2.24) is 0 Å². The third-order valence-corrected chi connectivity index (χ3v) is 3.56. The standard InChI is InChI=1S/C16H15NO4.C4H10O2/c18-12-8-5-11(6-9-12)7-10-15(19)17-14-4-2-1-3-13(14)16(20)21;1-4(6)2-3-5/h1-6,8-9,18H,7,10H2,(H,17,19)(H,20,21);4-6H,2-3H2,1H3. The lowest BCUT2D eigenvalue weighted by Crippen LogP contribution is -2.15. The first kappa shape index (κ1) is 22.1. The van der Waals surface area contributed by atoms with E-state index in [9.17, 15) is 14.7 Å². The molecule has 0 spiro atoms. The Hall–Kier alpha value is -2.90. The summed E-state index contributed by atoms with van der Waals surface area (Å²) in [5.74, 6) is -1.15. The SMILES string of the molecule is CC(O)CCO.O=C(CCc1ccc(O)cc1)Nc1ccccc1C(=O)O. The molecule has 0 aliphatic rings. The lowest BCUT2D eigenvalue weighted by molar-refractivity contribution is -0.116. The van der Waals surface area contributed by atoms with Crippen molar-refractivity contribution < 1.29 is 30.0 Å². The number of amides is 1. The molecule has 1 unspecified atom stereocenters. The molecule has 1 atom stereocenters. The zero-order valence-electron chi connectivity index (χ0n) is 15.1. The third kappa shape index (κ3) is 8.84. The number of aromatic carboxylic acids is 1. The maximum atomic E-state index is 11.9. The van der Waals surface area contributed by atoms with Gasteiger partial charge in [-0.05, 0) is 49.6 Å². The van der Waals surface area contributed by atoms with Gasteiger partial charge in [0.25, 0.3) is 0 Å². The molecule has 2 aromatic rings. The Balaban J connectivity index is 0.000000527. The number of aliphatic hydroxyl groups is 2. The van der Waals surface area contributed by atoms with E-state index in [1.54, 1.807) is 49.4 Å². The van der Waals surface area contributed by atoms with Gasteiger partial charge in [0, 0.05) is 13.0 Å². The number of carbonyl (C=O) groups excluding carboxylic acids is 1. The molecule has 0 aliphatic heterocycles. The Kier molecular flexibility index (Phi) is 9.57. The first-order chi connectivity index (χ1) is 12.8. The number of phenols is 1. The van der Waals surface area contributed by atoms with Gasteiger partial charge in [0.15, 0.2) is 0 Å². The van der Waals surface area contributed by atoms with Crippen LogP contribution in [0.5, 0.6) is 5.75 Å². The number of nitrogens with one attached hydrogen (secondary N) is 1. The van der Waals surface area contributed by atoms with Crippen LogP contribution in [-0.4, -0.2) is 45.0 Å². The molecule has 1 amide bonds. The monoisotopic (exact) mass is 375 g/mol. The summed E-state index contributed by atoms with van der Waals surface area (Å²) in [6.07, 6.45) is 0.884. The topological polar surface area (TPSA) is 127 Å². The van der Waals surface area contributed by atoms with Gasteiger partial charge >= 0.3 is 5.97 Å². The number of benzene rings is 2. The maximum absolute atomic E-state index is 11.9. The summed E-state index contributed by atoms with van der Waals surface area (Å²) in [7, 11) is 0. The van der Waals surface area contributed by atoms with Crippen molar-refractivity contribution in [1.29, 1.82) is 0 Å². The summed E-state index contributed by atoms with van der Waals surface area (Å²) in [5, 5.41) is 37.3. The minimum absolute atomic E-state index is 0.0653. The van der Waals surface area contributed by atoms with Gasteiger partial charge in [-0.3, -0.25) is 4.79 Å². The van der Waals surface area contributed by atoms with Gasteiger partial charge in [-0.25, -0.2) is 4.79 Å². The number of carboxylic acids is 1. The van der Waals surface area contributed by atoms with E-state index >= 15 is 0 Å². The molecule has 7 heteroatoms. The van der Waals surface area contributed by atoms with Gasteiger partial charge in [-0.2, -0.15) is 0 Å². The number of anilines is 1. The minimum Gasteiger partial charge on any atom is -0.508 e. The molecule has 0 radical (unpaired) electrons. The number of hydrogen-bond donors (Lipinski definition) is 5. The quantitative estimate of drug-likeness (QED) is 0.506. The van der Waals surface area contributed by atoms with Gasteiger partial charge in [0.05, 0.1) is 17.4 Å². The smallest absolute Gasteiger partial charge is 0.337 e. The number of carboxylic acid groups (broad SMARTS) is 1. The van der Waals surface area contributed by atoms with Crippen LogP contribution in [-0.2, 0) is 11.2 Å². The molecule has 0 saturated heterocycles. The molecule has 0 heterocycles. The Morgan fingerprint density at radius 1 is 1.07 bits per heavy atom. The lowest BCUT2D eigenvalue weighted by Gasteiger charge is -2.08. The molecule has 2 aromatic carbocycles. The van der Waals surface area contributed by atoms with E-state index in [4.69, 9.17) is 15.3 Å². The second-order valence-corrected chi connectivity index (χ2v) is 5.93. The molecular weight excluding hydrogens is 350 g/mol. The zero-order valence-corrected chi connectivity index (χ0v) is 15.1. The number of hydrogen-bond acceptors (Lipinski definition) is 5. The molecule has 0 fully saturated rings. The molecule has 5 N–H and O–H groups in total. The minimum atomic E-state index is -1.08. The summed E-state index contributed by atoms with van der Waals surface area (Å²) in [4.78, 5) is 22.9.